The predicted molar refractivity (Wildman–Crippen MR) is 62.1 cm³/mol. The minimum Gasteiger partial charge on any atom is -0.334 e. The van der Waals surface area contributed by atoms with Crippen molar-refractivity contribution in [3.63, 3.8) is 0 Å². The van der Waals surface area contributed by atoms with Gasteiger partial charge in [-0.05, 0) is 17.7 Å². The summed E-state index contributed by atoms with van der Waals surface area (Å²) in [5.74, 6) is -2.34. The highest BCUT2D eigenvalue weighted by Crippen LogP contribution is 2.08. The number of halogens is 3. The summed E-state index contributed by atoms with van der Waals surface area (Å²) < 4.78 is 25.5. The van der Waals surface area contributed by atoms with Gasteiger partial charge in [0.25, 0.3) is 0 Å². The van der Waals surface area contributed by atoms with Crippen molar-refractivity contribution < 1.29 is 18.4 Å². The summed E-state index contributed by atoms with van der Waals surface area (Å²) in [6.07, 6.45) is 0.0279. The first-order valence-electron chi connectivity index (χ1n) is 5.10. The lowest BCUT2D eigenvalue weighted by molar-refractivity contribution is -0.119. The molecule has 0 fully saturated rings. The van der Waals surface area contributed by atoms with E-state index in [1.165, 1.54) is 6.07 Å². The fourth-order valence-electron chi connectivity index (χ4n) is 1.15. The number of hydrogen-bond acceptors (Lipinski definition) is 2. The number of nitrogens with one attached hydrogen (secondary N) is 2. The first-order chi connectivity index (χ1) is 8.52. The maximum Gasteiger partial charge on any atom is 0.321 e. The van der Waals surface area contributed by atoms with E-state index in [-0.39, 0.29) is 18.8 Å². The molecular formula is C11H11ClF2N2O2. The van der Waals surface area contributed by atoms with Crippen LogP contribution < -0.4 is 10.6 Å². The normalized spacial score (nSPS) is 9.94. The Morgan fingerprint density at radius 1 is 1.22 bits per heavy atom. The minimum atomic E-state index is -0.993. The van der Waals surface area contributed by atoms with Gasteiger partial charge in [-0.1, -0.05) is 6.07 Å². The summed E-state index contributed by atoms with van der Waals surface area (Å²) in [5.41, 5.74) is 0.383. The number of urea groups is 1. The third-order valence-electron chi connectivity index (χ3n) is 2.01. The maximum absolute atomic E-state index is 12.8. The van der Waals surface area contributed by atoms with E-state index in [0.29, 0.717) is 5.56 Å². The maximum atomic E-state index is 12.8. The smallest absolute Gasteiger partial charge is 0.321 e. The second-order valence-electron chi connectivity index (χ2n) is 3.42. The molecule has 3 amide bonds. The Bertz CT molecular complexity index is 455. The molecule has 1 aromatic rings. The summed E-state index contributed by atoms with van der Waals surface area (Å²) in [4.78, 5) is 22.2. The Morgan fingerprint density at radius 2 is 1.94 bits per heavy atom. The van der Waals surface area contributed by atoms with Crippen molar-refractivity contribution in [1.82, 2.24) is 10.6 Å². The van der Waals surface area contributed by atoms with Crippen LogP contribution in [0.5, 0.6) is 0 Å². The Balaban J connectivity index is 2.42. The van der Waals surface area contributed by atoms with Gasteiger partial charge in [-0.3, -0.25) is 10.1 Å². The fraction of sp³-hybridized carbons (Fsp3) is 0.273. The standard InChI is InChI=1S/C11H11ClF2N2O2/c12-4-3-10(17)16-11(18)15-6-7-1-2-8(13)9(14)5-7/h1-2,5H,3-4,6H2,(H2,15,16,17,18). The molecule has 0 saturated heterocycles. The molecule has 0 bridgehead atoms. The molecule has 0 radical (unpaired) electrons. The number of carbonyl (C=O) groups excluding carboxylic acids is 2. The topological polar surface area (TPSA) is 58.2 Å². The summed E-state index contributed by atoms with van der Waals surface area (Å²) in [7, 11) is 0. The van der Waals surface area contributed by atoms with Crippen molar-refractivity contribution in [3.8, 4) is 0 Å². The SMILES string of the molecule is O=C(CCCl)NC(=O)NCc1ccc(F)c(F)c1. The Kier molecular flexibility index (Phi) is 5.51. The lowest BCUT2D eigenvalue weighted by atomic mass is 10.2. The Labute approximate surface area is 107 Å². The summed E-state index contributed by atoms with van der Waals surface area (Å²) in [5, 5.41) is 4.37. The number of benzene rings is 1. The summed E-state index contributed by atoms with van der Waals surface area (Å²) >= 11 is 5.32. The molecule has 0 heterocycles. The number of alkyl halides is 1. The zero-order valence-corrected chi connectivity index (χ0v) is 10.1. The summed E-state index contributed by atoms with van der Waals surface area (Å²) in [6.45, 7) is -0.0167. The van der Waals surface area contributed by atoms with Gasteiger partial charge in [-0.2, -0.15) is 0 Å². The largest absolute Gasteiger partial charge is 0.334 e. The van der Waals surface area contributed by atoms with Gasteiger partial charge in [-0.15, -0.1) is 11.6 Å². The lowest BCUT2D eigenvalue weighted by Gasteiger charge is -2.06. The molecule has 98 valence electrons. The molecule has 1 rings (SSSR count). The van der Waals surface area contributed by atoms with Crippen LogP contribution in [0.15, 0.2) is 18.2 Å². The van der Waals surface area contributed by atoms with Gasteiger partial charge in [0.2, 0.25) is 5.91 Å². The molecule has 18 heavy (non-hydrogen) atoms. The molecule has 0 saturated carbocycles. The van der Waals surface area contributed by atoms with Crippen LogP contribution in [0.2, 0.25) is 0 Å². The van der Waals surface area contributed by atoms with E-state index < -0.39 is 23.6 Å². The molecule has 0 aliphatic carbocycles. The average molecular weight is 277 g/mol. The van der Waals surface area contributed by atoms with E-state index >= 15 is 0 Å². The van der Waals surface area contributed by atoms with Gasteiger partial charge in [0.05, 0.1) is 0 Å². The van der Waals surface area contributed by atoms with Crippen molar-refractivity contribution in [2.24, 2.45) is 0 Å². The van der Waals surface area contributed by atoms with Crippen molar-refractivity contribution in [3.05, 3.63) is 35.4 Å². The molecule has 0 atom stereocenters. The van der Waals surface area contributed by atoms with Crippen LogP contribution in [0, 0.1) is 11.6 Å². The molecule has 4 nitrogen and oxygen atoms in total. The van der Waals surface area contributed by atoms with Crippen LogP contribution in [-0.2, 0) is 11.3 Å². The van der Waals surface area contributed by atoms with Crippen LogP contribution in [0.1, 0.15) is 12.0 Å². The zero-order chi connectivity index (χ0) is 13.5. The zero-order valence-electron chi connectivity index (χ0n) is 9.30. The third kappa shape index (κ3) is 4.67. The van der Waals surface area contributed by atoms with Crippen molar-refractivity contribution in [1.29, 1.82) is 0 Å². The van der Waals surface area contributed by atoms with Crippen molar-refractivity contribution in [2.75, 3.05) is 5.88 Å². The van der Waals surface area contributed by atoms with E-state index in [1.54, 1.807) is 0 Å². The molecule has 0 aromatic heterocycles. The number of rotatable bonds is 4. The van der Waals surface area contributed by atoms with Crippen LogP contribution in [0.25, 0.3) is 0 Å². The van der Waals surface area contributed by atoms with Crippen LogP contribution in [0.4, 0.5) is 13.6 Å². The van der Waals surface area contributed by atoms with Crippen LogP contribution >= 0.6 is 11.6 Å². The molecule has 0 spiro atoms. The number of amides is 3. The quantitative estimate of drug-likeness (QED) is 0.826. The molecule has 2 N–H and O–H groups in total. The lowest BCUT2D eigenvalue weighted by Crippen LogP contribution is -2.39. The second kappa shape index (κ2) is 6.90. The molecule has 0 aliphatic rings. The number of carbonyl (C=O) groups is 2. The van der Waals surface area contributed by atoms with Crippen molar-refractivity contribution >= 4 is 23.5 Å². The van der Waals surface area contributed by atoms with Crippen LogP contribution in [-0.4, -0.2) is 17.8 Å². The minimum absolute atomic E-state index is 0.0167. The van der Waals surface area contributed by atoms with E-state index in [4.69, 9.17) is 11.6 Å². The molecule has 0 unspecified atom stereocenters. The predicted octanol–water partition coefficient (Wildman–Crippen LogP) is 1.92. The van der Waals surface area contributed by atoms with Gasteiger partial charge in [-0.25, -0.2) is 13.6 Å². The van der Waals surface area contributed by atoms with Gasteiger partial charge < -0.3 is 5.32 Å². The molecular weight excluding hydrogens is 266 g/mol. The molecule has 0 aliphatic heterocycles. The van der Waals surface area contributed by atoms with Crippen molar-refractivity contribution in [2.45, 2.75) is 13.0 Å². The van der Waals surface area contributed by atoms with E-state index in [1.807, 2.05) is 5.32 Å². The number of hydrogen-bond donors (Lipinski definition) is 2. The number of imide groups is 1. The van der Waals surface area contributed by atoms with Gasteiger partial charge in [0.15, 0.2) is 11.6 Å². The first kappa shape index (κ1) is 14.4. The first-order valence-corrected chi connectivity index (χ1v) is 5.64. The Hall–Kier alpha value is -1.69. The molecule has 7 heteroatoms. The monoisotopic (exact) mass is 276 g/mol. The van der Waals surface area contributed by atoms with E-state index in [9.17, 15) is 18.4 Å². The Morgan fingerprint density at radius 3 is 2.56 bits per heavy atom. The fourth-order valence-corrected chi connectivity index (χ4v) is 1.32. The van der Waals surface area contributed by atoms with Gasteiger partial charge in [0.1, 0.15) is 0 Å². The van der Waals surface area contributed by atoms with Gasteiger partial charge in [0, 0.05) is 18.8 Å². The summed E-state index contributed by atoms with van der Waals surface area (Å²) in [6, 6.07) is 2.55. The highest BCUT2D eigenvalue weighted by atomic mass is 35.5. The average Bonchev–Trinajstić information content (AvgIpc) is 2.31. The van der Waals surface area contributed by atoms with Crippen LogP contribution in [0.3, 0.4) is 0 Å². The third-order valence-corrected chi connectivity index (χ3v) is 2.20. The van der Waals surface area contributed by atoms with Gasteiger partial charge >= 0.3 is 6.03 Å². The highest BCUT2D eigenvalue weighted by molar-refractivity contribution is 6.19. The van der Waals surface area contributed by atoms with E-state index in [2.05, 4.69) is 5.32 Å². The highest BCUT2D eigenvalue weighted by Gasteiger charge is 2.07. The second-order valence-corrected chi connectivity index (χ2v) is 3.80. The van der Waals surface area contributed by atoms with E-state index in [0.717, 1.165) is 12.1 Å². The molecule has 1 aromatic carbocycles.